The summed E-state index contributed by atoms with van der Waals surface area (Å²) in [6.45, 7) is 0.103. The molecule has 1 aromatic rings. The van der Waals surface area contributed by atoms with E-state index in [4.69, 9.17) is 9.84 Å². The normalized spacial score (nSPS) is 11.7. The molecule has 0 aliphatic carbocycles. The third kappa shape index (κ3) is 4.22. The standard InChI is InChI=1S/C12H17N3O4/c1-15(2)11(16)9-6-8(4-5-13-9)14-7-10(19-3)12(17)18/h4-6,10H,7H2,1-3H3,(H,13,14)(H,17,18). The van der Waals surface area contributed by atoms with E-state index in [0.29, 0.717) is 11.4 Å². The Morgan fingerprint density at radius 2 is 2.21 bits per heavy atom. The third-order valence-corrected chi connectivity index (χ3v) is 2.44. The van der Waals surface area contributed by atoms with Gasteiger partial charge in [0.05, 0.1) is 6.54 Å². The molecule has 7 nitrogen and oxygen atoms in total. The van der Waals surface area contributed by atoms with Crippen molar-refractivity contribution in [3.63, 3.8) is 0 Å². The average Bonchev–Trinajstić information content (AvgIpc) is 2.38. The van der Waals surface area contributed by atoms with Gasteiger partial charge in [0.25, 0.3) is 5.91 Å². The molecule has 0 saturated heterocycles. The molecule has 1 rings (SSSR count). The summed E-state index contributed by atoms with van der Waals surface area (Å²) in [5.74, 6) is -1.26. The Balaban J connectivity index is 2.72. The molecule has 19 heavy (non-hydrogen) atoms. The number of carbonyl (C=O) groups excluding carboxylic acids is 1. The highest BCUT2D eigenvalue weighted by molar-refractivity contribution is 5.92. The van der Waals surface area contributed by atoms with Gasteiger partial charge in [0.1, 0.15) is 5.69 Å². The van der Waals surface area contributed by atoms with Crippen molar-refractivity contribution in [1.29, 1.82) is 0 Å². The number of ether oxygens (including phenoxy) is 1. The molecule has 0 bridgehead atoms. The molecule has 1 unspecified atom stereocenters. The van der Waals surface area contributed by atoms with Crippen LogP contribution in [0.1, 0.15) is 10.5 Å². The molecule has 0 aliphatic heterocycles. The van der Waals surface area contributed by atoms with Crippen molar-refractivity contribution in [2.24, 2.45) is 0 Å². The van der Waals surface area contributed by atoms with Crippen LogP contribution >= 0.6 is 0 Å². The van der Waals surface area contributed by atoms with Gasteiger partial charge in [-0.2, -0.15) is 0 Å². The molecule has 0 aliphatic rings. The van der Waals surface area contributed by atoms with E-state index in [2.05, 4.69) is 10.3 Å². The molecule has 1 aromatic heterocycles. The summed E-state index contributed by atoms with van der Waals surface area (Å²) in [6, 6.07) is 3.22. The molecular weight excluding hydrogens is 250 g/mol. The van der Waals surface area contributed by atoms with Crippen LogP contribution in [0.5, 0.6) is 0 Å². The Labute approximate surface area is 111 Å². The zero-order valence-electron chi connectivity index (χ0n) is 11.1. The SMILES string of the molecule is COC(CNc1ccnc(C(=O)N(C)C)c1)C(=O)O. The van der Waals surface area contributed by atoms with Gasteiger partial charge in [0.2, 0.25) is 0 Å². The van der Waals surface area contributed by atoms with Crippen molar-refractivity contribution in [2.75, 3.05) is 33.1 Å². The summed E-state index contributed by atoms with van der Waals surface area (Å²) >= 11 is 0. The number of amides is 1. The summed E-state index contributed by atoms with van der Waals surface area (Å²) in [5.41, 5.74) is 0.905. The highest BCUT2D eigenvalue weighted by atomic mass is 16.5. The molecule has 0 fully saturated rings. The number of aliphatic carboxylic acids is 1. The number of aromatic nitrogens is 1. The van der Waals surface area contributed by atoms with Gasteiger partial charge >= 0.3 is 5.97 Å². The lowest BCUT2D eigenvalue weighted by atomic mass is 10.2. The largest absolute Gasteiger partial charge is 0.479 e. The fraction of sp³-hybridized carbons (Fsp3) is 0.417. The fourth-order valence-corrected chi connectivity index (χ4v) is 1.37. The van der Waals surface area contributed by atoms with Gasteiger partial charge in [-0.05, 0) is 12.1 Å². The van der Waals surface area contributed by atoms with E-state index in [1.54, 1.807) is 26.2 Å². The van der Waals surface area contributed by atoms with Crippen molar-refractivity contribution in [2.45, 2.75) is 6.10 Å². The van der Waals surface area contributed by atoms with Crippen LogP contribution in [-0.2, 0) is 9.53 Å². The van der Waals surface area contributed by atoms with E-state index >= 15 is 0 Å². The number of carboxylic acids is 1. The molecule has 0 aromatic carbocycles. The summed E-state index contributed by atoms with van der Waals surface area (Å²) < 4.78 is 4.80. The van der Waals surface area contributed by atoms with Gasteiger partial charge < -0.3 is 20.1 Å². The van der Waals surface area contributed by atoms with Gasteiger partial charge in [-0.3, -0.25) is 9.78 Å². The van der Waals surface area contributed by atoms with Crippen molar-refractivity contribution >= 4 is 17.6 Å². The van der Waals surface area contributed by atoms with Crippen LogP contribution in [0.2, 0.25) is 0 Å². The van der Waals surface area contributed by atoms with Crippen molar-refractivity contribution < 1.29 is 19.4 Å². The zero-order chi connectivity index (χ0) is 14.4. The molecule has 7 heteroatoms. The summed E-state index contributed by atoms with van der Waals surface area (Å²) in [7, 11) is 4.60. The first kappa shape index (κ1) is 14.9. The second kappa shape index (κ2) is 6.69. The average molecular weight is 267 g/mol. The van der Waals surface area contributed by atoms with Crippen molar-refractivity contribution in [3.8, 4) is 0 Å². The molecule has 0 radical (unpaired) electrons. The van der Waals surface area contributed by atoms with E-state index in [0.717, 1.165) is 0 Å². The second-order valence-electron chi connectivity index (χ2n) is 4.07. The lowest BCUT2D eigenvalue weighted by Gasteiger charge is -2.14. The van der Waals surface area contributed by atoms with Crippen LogP contribution in [0.25, 0.3) is 0 Å². The third-order valence-electron chi connectivity index (χ3n) is 2.44. The predicted octanol–water partition coefficient (Wildman–Crippen LogP) is 0.295. The number of methoxy groups -OCH3 is 1. The number of nitrogens with zero attached hydrogens (tertiary/aromatic N) is 2. The number of hydrogen-bond donors (Lipinski definition) is 2. The summed E-state index contributed by atoms with van der Waals surface area (Å²) in [5, 5.41) is 11.7. The van der Waals surface area contributed by atoms with Gasteiger partial charge in [-0.1, -0.05) is 0 Å². The molecule has 2 N–H and O–H groups in total. The van der Waals surface area contributed by atoms with Gasteiger partial charge in [0, 0.05) is 33.1 Å². The van der Waals surface area contributed by atoms with Crippen LogP contribution in [0, 0.1) is 0 Å². The van der Waals surface area contributed by atoms with E-state index in [-0.39, 0.29) is 12.5 Å². The number of pyridine rings is 1. The van der Waals surface area contributed by atoms with Crippen LogP contribution in [-0.4, -0.2) is 60.7 Å². The molecular formula is C12H17N3O4. The van der Waals surface area contributed by atoms with Gasteiger partial charge in [-0.15, -0.1) is 0 Å². The Bertz CT molecular complexity index is 462. The number of rotatable bonds is 6. The van der Waals surface area contributed by atoms with Crippen molar-refractivity contribution in [1.82, 2.24) is 9.88 Å². The topological polar surface area (TPSA) is 91.8 Å². The minimum atomic E-state index is -1.05. The highest BCUT2D eigenvalue weighted by Crippen LogP contribution is 2.09. The monoisotopic (exact) mass is 267 g/mol. The molecule has 0 spiro atoms. The minimum Gasteiger partial charge on any atom is -0.479 e. The molecule has 1 atom stereocenters. The van der Waals surface area contributed by atoms with Crippen molar-refractivity contribution in [3.05, 3.63) is 24.0 Å². The smallest absolute Gasteiger partial charge is 0.334 e. The van der Waals surface area contributed by atoms with Crippen LogP contribution in [0.15, 0.2) is 18.3 Å². The first-order chi connectivity index (χ1) is 8.95. The quantitative estimate of drug-likeness (QED) is 0.770. The molecule has 0 saturated carbocycles. The Morgan fingerprint density at radius 3 is 2.74 bits per heavy atom. The Morgan fingerprint density at radius 1 is 1.53 bits per heavy atom. The lowest BCUT2D eigenvalue weighted by Crippen LogP contribution is -2.30. The maximum Gasteiger partial charge on any atom is 0.334 e. The van der Waals surface area contributed by atoms with Gasteiger partial charge in [-0.25, -0.2) is 4.79 Å². The van der Waals surface area contributed by atoms with E-state index in [1.165, 1.54) is 18.2 Å². The summed E-state index contributed by atoms with van der Waals surface area (Å²) in [6.07, 6.45) is 0.544. The number of nitrogens with one attached hydrogen (secondary N) is 1. The zero-order valence-corrected chi connectivity index (χ0v) is 11.1. The minimum absolute atomic E-state index is 0.103. The van der Waals surface area contributed by atoms with Crippen LogP contribution < -0.4 is 5.32 Å². The molecule has 1 amide bonds. The van der Waals surface area contributed by atoms with E-state index < -0.39 is 12.1 Å². The second-order valence-corrected chi connectivity index (χ2v) is 4.07. The van der Waals surface area contributed by atoms with Crippen LogP contribution in [0.3, 0.4) is 0 Å². The lowest BCUT2D eigenvalue weighted by molar-refractivity contribution is -0.147. The number of carbonyl (C=O) groups is 2. The van der Waals surface area contributed by atoms with E-state index in [1.807, 2.05) is 0 Å². The number of hydrogen-bond acceptors (Lipinski definition) is 5. The van der Waals surface area contributed by atoms with E-state index in [9.17, 15) is 9.59 Å². The molecule has 104 valence electrons. The van der Waals surface area contributed by atoms with Crippen LogP contribution in [0.4, 0.5) is 5.69 Å². The first-order valence-corrected chi connectivity index (χ1v) is 5.63. The fourth-order valence-electron chi connectivity index (χ4n) is 1.37. The number of anilines is 1. The Hall–Kier alpha value is -2.15. The number of carboxylic acid groups (broad SMARTS) is 1. The predicted molar refractivity (Wildman–Crippen MR) is 69.2 cm³/mol. The highest BCUT2D eigenvalue weighted by Gasteiger charge is 2.16. The maximum atomic E-state index is 11.7. The maximum absolute atomic E-state index is 11.7. The first-order valence-electron chi connectivity index (χ1n) is 5.63. The van der Waals surface area contributed by atoms with Gasteiger partial charge in [0.15, 0.2) is 6.10 Å². The molecule has 1 heterocycles. The summed E-state index contributed by atoms with van der Waals surface area (Å²) in [4.78, 5) is 27.9. The Kier molecular flexibility index (Phi) is 5.25.